The lowest BCUT2D eigenvalue weighted by Gasteiger charge is -2.28. The van der Waals surface area contributed by atoms with Gasteiger partial charge in [0.25, 0.3) is 0 Å². The molecule has 2 aromatic carbocycles. The molecule has 166 valence electrons. The zero-order valence-electron chi connectivity index (χ0n) is 20.1. The monoisotopic (exact) mass is 426 g/mol. The predicted octanol–water partition coefficient (Wildman–Crippen LogP) is 6.74. The van der Waals surface area contributed by atoms with Crippen LogP contribution in [0.5, 0.6) is 0 Å². The molecule has 0 amide bonds. The second-order valence-electron chi connectivity index (χ2n) is 8.16. The van der Waals surface area contributed by atoms with Crippen LogP contribution in [-0.4, -0.2) is 23.1 Å². The summed E-state index contributed by atoms with van der Waals surface area (Å²) in [4.78, 5) is 12.7. The minimum atomic E-state index is 0.657. The van der Waals surface area contributed by atoms with E-state index < -0.39 is 0 Å². The van der Waals surface area contributed by atoms with Crippen molar-refractivity contribution in [1.82, 2.24) is 9.97 Å². The zero-order valence-corrected chi connectivity index (χ0v) is 20.1. The molecule has 32 heavy (non-hydrogen) atoms. The summed E-state index contributed by atoms with van der Waals surface area (Å²) in [5.74, 6) is 0.799. The number of anilines is 1. The standard InChI is InChI=1S/C28H34N4/c1-6-17-32(18-7-2)27-20(5)30-28(25-22(8-3)11-10-12-23(25)9-4)31-26(27)24-15-13-21(19-29)14-16-24/h10-16H,6-9,17-18H2,1-5H3. The molecule has 0 radical (unpaired) electrons. The largest absolute Gasteiger partial charge is 0.368 e. The molecule has 1 aromatic heterocycles. The van der Waals surface area contributed by atoms with E-state index in [2.05, 4.69) is 63.8 Å². The molecule has 0 N–H and O–H groups in total. The summed E-state index contributed by atoms with van der Waals surface area (Å²) in [5.41, 5.74) is 8.46. The minimum Gasteiger partial charge on any atom is -0.368 e. The number of hydrogen-bond acceptors (Lipinski definition) is 4. The van der Waals surface area contributed by atoms with Gasteiger partial charge in [0.2, 0.25) is 0 Å². The van der Waals surface area contributed by atoms with Gasteiger partial charge < -0.3 is 4.90 Å². The van der Waals surface area contributed by atoms with Gasteiger partial charge >= 0.3 is 0 Å². The van der Waals surface area contributed by atoms with E-state index in [0.29, 0.717) is 5.56 Å². The van der Waals surface area contributed by atoms with Crippen LogP contribution in [0.15, 0.2) is 42.5 Å². The van der Waals surface area contributed by atoms with Gasteiger partial charge in [0.05, 0.1) is 28.7 Å². The van der Waals surface area contributed by atoms with Crippen LogP contribution in [-0.2, 0) is 12.8 Å². The third kappa shape index (κ3) is 4.83. The summed E-state index contributed by atoms with van der Waals surface area (Å²) >= 11 is 0. The summed E-state index contributed by atoms with van der Waals surface area (Å²) < 4.78 is 0. The molecule has 1 heterocycles. The molecule has 0 fully saturated rings. The van der Waals surface area contributed by atoms with Crippen LogP contribution in [0, 0.1) is 18.3 Å². The Morgan fingerprint density at radius 3 is 1.94 bits per heavy atom. The molecule has 0 bridgehead atoms. The van der Waals surface area contributed by atoms with Crippen LogP contribution in [0.1, 0.15) is 62.9 Å². The van der Waals surface area contributed by atoms with Crippen molar-refractivity contribution >= 4 is 5.69 Å². The van der Waals surface area contributed by atoms with E-state index in [1.807, 2.05) is 24.3 Å². The molecule has 0 saturated heterocycles. The minimum absolute atomic E-state index is 0.657. The summed E-state index contributed by atoms with van der Waals surface area (Å²) in [7, 11) is 0. The van der Waals surface area contributed by atoms with Crippen molar-refractivity contribution in [3.05, 3.63) is 64.8 Å². The van der Waals surface area contributed by atoms with Crippen LogP contribution in [0.2, 0.25) is 0 Å². The maximum atomic E-state index is 9.25. The molecule has 4 heteroatoms. The van der Waals surface area contributed by atoms with E-state index in [1.165, 1.54) is 16.7 Å². The van der Waals surface area contributed by atoms with Gasteiger partial charge in [-0.25, -0.2) is 9.97 Å². The fourth-order valence-corrected chi connectivity index (χ4v) is 4.37. The fraction of sp³-hybridized carbons (Fsp3) is 0.393. The van der Waals surface area contributed by atoms with E-state index in [1.54, 1.807) is 0 Å². The van der Waals surface area contributed by atoms with Crippen LogP contribution in [0.3, 0.4) is 0 Å². The summed E-state index contributed by atoms with van der Waals surface area (Å²) in [6, 6.07) is 16.5. The van der Waals surface area contributed by atoms with Crippen molar-refractivity contribution < 1.29 is 0 Å². The lowest BCUT2D eigenvalue weighted by molar-refractivity contribution is 0.739. The first-order chi connectivity index (χ1) is 15.6. The smallest absolute Gasteiger partial charge is 0.160 e. The number of aryl methyl sites for hydroxylation is 3. The van der Waals surface area contributed by atoms with E-state index in [9.17, 15) is 5.26 Å². The SMILES string of the molecule is CCCN(CCC)c1c(C)nc(-c2c(CC)cccc2CC)nc1-c1ccc(C#N)cc1. The quantitative estimate of drug-likeness (QED) is 0.380. The zero-order chi connectivity index (χ0) is 23.1. The van der Waals surface area contributed by atoms with Crippen molar-refractivity contribution in [2.24, 2.45) is 0 Å². The van der Waals surface area contributed by atoms with Gasteiger partial charge in [-0.2, -0.15) is 5.26 Å². The number of rotatable bonds is 9. The van der Waals surface area contributed by atoms with E-state index in [0.717, 1.165) is 67.2 Å². The molecule has 4 nitrogen and oxygen atoms in total. The molecule has 0 unspecified atom stereocenters. The molecule has 0 aliphatic rings. The van der Waals surface area contributed by atoms with Gasteiger partial charge in [-0.1, -0.05) is 58.0 Å². The number of benzene rings is 2. The number of aromatic nitrogens is 2. The third-order valence-electron chi connectivity index (χ3n) is 5.87. The van der Waals surface area contributed by atoms with E-state index in [4.69, 9.17) is 9.97 Å². The van der Waals surface area contributed by atoms with Gasteiger partial charge in [0.1, 0.15) is 0 Å². The summed E-state index contributed by atoms with van der Waals surface area (Å²) in [5, 5.41) is 9.25. The van der Waals surface area contributed by atoms with Crippen LogP contribution in [0.25, 0.3) is 22.6 Å². The van der Waals surface area contributed by atoms with Crippen molar-refractivity contribution in [2.75, 3.05) is 18.0 Å². The first-order valence-electron chi connectivity index (χ1n) is 11.8. The number of hydrogen-bond donors (Lipinski definition) is 0. The molecule has 0 aliphatic heterocycles. The van der Waals surface area contributed by atoms with Gasteiger partial charge in [0.15, 0.2) is 5.82 Å². The number of nitrogens with zero attached hydrogens (tertiary/aromatic N) is 4. The average molecular weight is 427 g/mol. The van der Waals surface area contributed by atoms with Gasteiger partial charge in [-0.15, -0.1) is 0 Å². The molecule has 3 rings (SSSR count). The van der Waals surface area contributed by atoms with Crippen molar-refractivity contribution in [3.8, 4) is 28.7 Å². The lowest BCUT2D eigenvalue weighted by atomic mass is 9.96. The topological polar surface area (TPSA) is 52.8 Å². The van der Waals surface area contributed by atoms with Crippen molar-refractivity contribution in [3.63, 3.8) is 0 Å². The van der Waals surface area contributed by atoms with Gasteiger partial charge in [-0.3, -0.25) is 0 Å². The molecule has 0 saturated carbocycles. The van der Waals surface area contributed by atoms with E-state index in [-0.39, 0.29) is 0 Å². The Morgan fingerprint density at radius 2 is 1.44 bits per heavy atom. The summed E-state index contributed by atoms with van der Waals surface area (Å²) in [6.45, 7) is 12.8. The molecule has 0 aliphatic carbocycles. The van der Waals surface area contributed by atoms with Gasteiger partial charge in [0, 0.05) is 24.2 Å². The Hall–Kier alpha value is -3.19. The lowest BCUT2D eigenvalue weighted by Crippen LogP contribution is -2.27. The Labute approximate surface area is 193 Å². The Morgan fingerprint density at radius 1 is 0.844 bits per heavy atom. The van der Waals surface area contributed by atoms with Crippen molar-refractivity contribution in [1.29, 1.82) is 5.26 Å². The van der Waals surface area contributed by atoms with Gasteiger partial charge in [-0.05, 0) is 55.9 Å². The second kappa shape index (κ2) is 10.9. The normalized spacial score (nSPS) is 10.8. The van der Waals surface area contributed by atoms with Crippen LogP contribution in [0.4, 0.5) is 5.69 Å². The maximum absolute atomic E-state index is 9.25. The molecule has 3 aromatic rings. The maximum Gasteiger partial charge on any atom is 0.160 e. The average Bonchev–Trinajstić information content (AvgIpc) is 2.83. The number of nitriles is 1. The Kier molecular flexibility index (Phi) is 8.00. The van der Waals surface area contributed by atoms with Crippen molar-refractivity contribution in [2.45, 2.75) is 60.3 Å². The molecular weight excluding hydrogens is 392 g/mol. The highest BCUT2D eigenvalue weighted by atomic mass is 15.2. The highest BCUT2D eigenvalue weighted by Gasteiger charge is 2.21. The molecule has 0 atom stereocenters. The fourth-order valence-electron chi connectivity index (χ4n) is 4.37. The Bertz CT molecular complexity index is 1070. The molecule has 0 spiro atoms. The Balaban J connectivity index is 2.30. The highest BCUT2D eigenvalue weighted by molar-refractivity contribution is 5.80. The third-order valence-corrected chi connectivity index (χ3v) is 5.87. The first-order valence-corrected chi connectivity index (χ1v) is 11.8. The molecular formula is C28H34N4. The highest BCUT2D eigenvalue weighted by Crippen LogP contribution is 2.36. The predicted molar refractivity (Wildman–Crippen MR) is 134 cm³/mol. The van der Waals surface area contributed by atoms with Crippen LogP contribution < -0.4 is 4.90 Å². The van der Waals surface area contributed by atoms with Crippen LogP contribution >= 0.6 is 0 Å². The first kappa shape index (κ1) is 23.5. The summed E-state index contributed by atoms with van der Waals surface area (Å²) in [6.07, 6.45) is 4.01. The van der Waals surface area contributed by atoms with E-state index >= 15 is 0 Å². The second-order valence-corrected chi connectivity index (χ2v) is 8.16.